The summed E-state index contributed by atoms with van der Waals surface area (Å²) in [4.78, 5) is 37.6. The maximum absolute atomic E-state index is 12.7. The lowest BCUT2D eigenvalue weighted by molar-refractivity contribution is -0.127. The summed E-state index contributed by atoms with van der Waals surface area (Å²) in [6, 6.07) is 16.9. The van der Waals surface area contributed by atoms with Crippen molar-refractivity contribution in [3.05, 3.63) is 60.2 Å². The van der Waals surface area contributed by atoms with Gasteiger partial charge in [-0.25, -0.2) is 14.8 Å². The number of nitrogens with zero attached hydrogens (tertiary/aromatic N) is 4. The Labute approximate surface area is 175 Å². The van der Waals surface area contributed by atoms with Crippen LogP contribution < -0.4 is 5.32 Å². The predicted molar refractivity (Wildman–Crippen MR) is 114 cm³/mol. The number of imide groups is 1. The van der Waals surface area contributed by atoms with Crippen LogP contribution in [0.15, 0.2) is 63.9 Å². The molecule has 3 amide bonds. The van der Waals surface area contributed by atoms with E-state index in [4.69, 9.17) is 4.99 Å². The number of amides is 3. The Hall–Kier alpha value is -2.91. The Kier molecular flexibility index (Phi) is 4.48. The number of thiazole rings is 1. The van der Waals surface area contributed by atoms with Gasteiger partial charge in [-0.15, -0.1) is 11.3 Å². The van der Waals surface area contributed by atoms with E-state index in [2.05, 4.69) is 10.3 Å². The summed E-state index contributed by atoms with van der Waals surface area (Å²) < 4.78 is 1.96. The SMILES string of the molecule is CN1C(=O)NC(=O)C2C1N=C(Sc1nc3ccccc3s1)N2Cc1ccccc1. The number of nitrogens with one attached hydrogen (secondary N) is 1. The number of thioether (sulfide) groups is 1. The minimum Gasteiger partial charge on any atom is -0.331 e. The molecule has 146 valence electrons. The summed E-state index contributed by atoms with van der Waals surface area (Å²) in [7, 11) is 1.66. The van der Waals surface area contributed by atoms with Crippen LogP contribution in [0, 0.1) is 0 Å². The molecule has 9 heteroatoms. The van der Waals surface area contributed by atoms with Crippen molar-refractivity contribution in [3.63, 3.8) is 0 Å². The highest BCUT2D eigenvalue weighted by Crippen LogP contribution is 2.36. The number of amidine groups is 1. The lowest BCUT2D eigenvalue weighted by Crippen LogP contribution is -2.63. The number of carbonyl (C=O) groups is 2. The van der Waals surface area contributed by atoms with Crippen molar-refractivity contribution in [3.8, 4) is 0 Å². The van der Waals surface area contributed by atoms with Gasteiger partial charge >= 0.3 is 6.03 Å². The van der Waals surface area contributed by atoms with Crippen molar-refractivity contribution in [2.75, 3.05) is 7.05 Å². The van der Waals surface area contributed by atoms with Crippen LogP contribution in [0.2, 0.25) is 0 Å². The molecule has 2 atom stereocenters. The van der Waals surface area contributed by atoms with Crippen molar-refractivity contribution in [1.29, 1.82) is 0 Å². The molecule has 1 aromatic heterocycles. The molecule has 5 rings (SSSR count). The summed E-state index contributed by atoms with van der Waals surface area (Å²) >= 11 is 3.03. The number of urea groups is 1. The van der Waals surface area contributed by atoms with Gasteiger partial charge in [0, 0.05) is 13.6 Å². The van der Waals surface area contributed by atoms with Gasteiger partial charge in [0.1, 0.15) is 0 Å². The third-order valence-electron chi connectivity index (χ3n) is 4.97. The average Bonchev–Trinajstić information content (AvgIpc) is 3.29. The molecule has 0 saturated carbocycles. The minimum absolute atomic E-state index is 0.322. The highest BCUT2D eigenvalue weighted by Gasteiger charge is 2.48. The molecule has 3 aromatic rings. The molecule has 7 nitrogen and oxygen atoms in total. The van der Waals surface area contributed by atoms with Crippen LogP contribution >= 0.6 is 23.1 Å². The first kappa shape index (κ1) is 18.1. The summed E-state index contributed by atoms with van der Waals surface area (Å²) in [5.74, 6) is -0.322. The molecule has 2 unspecified atom stereocenters. The Morgan fingerprint density at radius 1 is 1.10 bits per heavy atom. The number of hydrogen-bond acceptors (Lipinski definition) is 7. The number of rotatable bonds is 3. The lowest BCUT2D eigenvalue weighted by Gasteiger charge is -2.36. The van der Waals surface area contributed by atoms with Gasteiger partial charge in [0.25, 0.3) is 5.91 Å². The van der Waals surface area contributed by atoms with E-state index < -0.39 is 18.2 Å². The molecule has 0 radical (unpaired) electrons. The average molecular weight is 424 g/mol. The molecule has 2 aliphatic rings. The van der Waals surface area contributed by atoms with Crippen LogP contribution in [-0.4, -0.2) is 51.1 Å². The maximum atomic E-state index is 12.7. The normalized spacial score (nSPS) is 21.3. The second kappa shape index (κ2) is 7.16. The van der Waals surface area contributed by atoms with Gasteiger partial charge < -0.3 is 9.80 Å². The van der Waals surface area contributed by atoms with Crippen LogP contribution in [0.5, 0.6) is 0 Å². The number of para-hydroxylation sites is 1. The minimum atomic E-state index is -0.560. The van der Waals surface area contributed by atoms with Crippen molar-refractivity contribution in [2.45, 2.75) is 23.1 Å². The monoisotopic (exact) mass is 423 g/mol. The molecule has 3 heterocycles. The number of aromatic nitrogens is 1. The van der Waals surface area contributed by atoms with E-state index in [0.717, 1.165) is 20.1 Å². The van der Waals surface area contributed by atoms with Crippen molar-refractivity contribution < 1.29 is 9.59 Å². The van der Waals surface area contributed by atoms with Crippen LogP contribution in [0.4, 0.5) is 4.79 Å². The highest BCUT2D eigenvalue weighted by molar-refractivity contribution is 8.15. The largest absolute Gasteiger partial charge is 0.331 e. The predicted octanol–water partition coefficient (Wildman–Crippen LogP) is 3.14. The second-order valence-electron chi connectivity index (χ2n) is 6.84. The van der Waals surface area contributed by atoms with E-state index in [1.807, 2.05) is 59.5 Å². The molecule has 0 bridgehead atoms. The third kappa shape index (κ3) is 3.26. The zero-order valence-corrected chi connectivity index (χ0v) is 17.1. The fourth-order valence-corrected chi connectivity index (χ4v) is 5.62. The second-order valence-corrected chi connectivity index (χ2v) is 9.08. The fourth-order valence-electron chi connectivity index (χ4n) is 3.50. The van der Waals surface area contributed by atoms with Gasteiger partial charge in [-0.3, -0.25) is 10.1 Å². The van der Waals surface area contributed by atoms with E-state index in [1.165, 1.54) is 16.7 Å². The number of hydrogen-bond donors (Lipinski definition) is 1. The fraction of sp³-hybridized carbons (Fsp3) is 0.200. The molecule has 0 spiro atoms. The summed E-state index contributed by atoms with van der Waals surface area (Å²) in [6.45, 7) is 0.522. The molecule has 0 aliphatic carbocycles. The molecule has 1 fully saturated rings. The van der Waals surface area contributed by atoms with Gasteiger partial charge in [-0.05, 0) is 29.5 Å². The standard InChI is InChI=1S/C20H17N5O2S2/c1-24-16-15(17(26)23-18(24)27)25(11-12-7-3-2-4-8-12)19(22-16)29-20-21-13-9-5-6-10-14(13)28-20/h2-10,15-16H,11H2,1H3,(H,23,26,27). The molecule has 2 aliphatic heterocycles. The summed E-state index contributed by atoms with van der Waals surface area (Å²) in [6.07, 6.45) is -0.545. The molecular formula is C20H17N5O2S2. The van der Waals surface area contributed by atoms with Gasteiger partial charge in [-0.1, -0.05) is 42.5 Å². The van der Waals surface area contributed by atoms with E-state index in [0.29, 0.717) is 11.7 Å². The summed E-state index contributed by atoms with van der Waals surface area (Å²) in [5.41, 5.74) is 2.01. The Morgan fingerprint density at radius 2 is 1.86 bits per heavy atom. The zero-order chi connectivity index (χ0) is 20.0. The molecular weight excluding hydrogens is 406 g/mol. The van der Waals surface area contributed by atoms with Crippen molar-refractivity contribution >= 4 is 50.4 Å². The Morgan fingerprint density at radius 3 is 2.66 bits per heavy atom. The maximum Gasteiger partial charge on any atom is 0.325 e. The topological polar surface area (TPSA) is 77.9 Å². The lowest BCUT2D eigenvalue weighted by atomic mass is 10.1. The van der Waals surface area contributed by atoms with E-state index in [-0.39, 0.29) is 5.91 Å². The van der Waals surface area contributed by atoms with Crippen LogP contribution in [0.25, 0.3) is 10.2 Å². The quantitative estimate of drug-likeness (QED) is 0.700. The third-order valence-corrected chi connectivity index (χ3v) is 7.09. The molecule has 1 N–H and O–H groups in total. The van der Waals surface area contributed by atoms with Crippen LogP contribution in [0.1, 0.15) is 5.56 Å². The number of carbonyl (C=O) groups excluding carboxylic acids is 2. The van der Waals surface area contributed by atoms with Gasteiger partial charge in [0.2, 0.25) is 0 Å². The van der Waals surface area contributed by atoms with Gasteiger partial charge in [0.05, 0.1) is 10.2 Å². The first-order valence-corrected chi connectivity index (χ1v) is 10.7. The van der Waals surface area contributed by atoms with Crippen molar-refractivity contribution in [2.24, 2.45) is 4.99 Å². The number of benzene rings is 2. The van der Waals surface area contributed by atoms with E-state index >= 15 is 0 Å². The molecule has 29 heavy (non-hydrogen) atoms. The first-order chi connectivity index (χ1) is 14.1. The zero-order valence-electron chi connectivity index (χ0n) is 15.5. The highest BCUT2D eigenvalue weighted by atomic mass is 32.2. The van der Waals surface area contributed by atoms with Gasteiger partial charge in [-0.2, -0.15) is 0 Å². The van der Waals surface area contributed by atoms with E-state index in [1.54, 1.807) is 18.4 Å². The van der Waals surface area contributed by atoms with Crippen molar-refractivity contribution in [1.82, 2.24) is 20.1 Å². The smallest absolute Gasteiger partial charge is 0.325 e. The van der Waals surface area contributed by atoms with Crippen LogP contribution in [0.3, 0.4) is 0 Å². The first-order valence-electron chi connectivity index (χ1n) is 9.09. The number of likely N-dealkylation sites (N-methyl/N-ethyl adjacent to an activating group) is 1. The number of fused-ring (bicyclic) bond motifs is 2. The Bertz CT molecular complexity index is 1100. The number of aliphatic imine (C=N–C) groups is 1. The van der Waals surface area contributed by atoms with Gasteiger partial charge in [0.15, 0.2) is 21.7 Å². The van der Waals surface area contributed by atoms with E-state index in [9.17, 15) is 9.59 Å². The van der Waals surface area contributed by atoms with Crippen LogP contribution in [-0.2, 0) is 11.3 Å². The molecule has 2 aromatic carbocycles. The molecule has 1 saturated heterocycles. The summed E-state index contributed by atoms with van der Waals surface area (Å²) in [5, 5.41) is 3.13. The Balaban J connectivity index is 1.50.